The number of hydrogen-bond acceptors (Lipinski definition) is 6. The maximum atomic E-state index is 13.5. The summed E-state index contributed by atoms with van der Waals surface area (Å²) in [6, 6.07) is 27.3. The number of pyridine rings is 1. The SMILES string of the molecule is O=C(NO)[C@H]1C[C@@]1(C(=O)N1CC[C@H](O)C1)c1ccc(OCc2cc(-c3ccccc3)nc3ccccc23)cc1. The molecule has 1 aliphatic heterocycles. The second kappa shape index (κ2) is 10.1. The van der Waals surface area contributed by atoms with Crippen LogP contribution in [0.15, 0.2) is 84.9 Å². The van der Waals surface area contributed by atoms with E-state index in [0.29, 0.717) is 37.3 Å². The molecule has 1 aromatic heterocycles. The number of β-amino-alcohol motifs (C(OH)–C–C–N with tert-alkyl or cyclic N) is 1. The average Bonchev–Trinajstić information content (AvgIpc) is 3.60. The summed E-state index contributed by atoms with van der Waals surface area (Å²) in [5.41, 5.74) is 5.13. The molecule has 2 aliphatic rings. The van der Waals surface area contributed by atoms with E-state index in [1.54, 1.807) is 22.5 Å². The van der Waals surface area contributed by atoms with E-state index in [-0.39, 0.29) is 12.5 Å². The number of amides is 2. The van der Waals surface area contributed by atoms with E-state index in [1.807, 2.05) is 72.8 Å². The molecule has 3 atom stereocenters. The molecule has 1 saturated carbocycles. The number of fused-ring (bicyclic) bond motifs is 1. The normalized spacial score (nSPS) is 22.1. The van der Waals surface area contributed by atoms with Gasteiger partial charge in [-0.15, -0.1) is 0 Å². The molecule has 0 spiro atoms. The van der Waals surface area contributed by atoms with Crippen LogP contribution >= 0.6 is 0 Å². The standard InChI is InChI=1S/C31H29N3O5/c35-23-14-15-34(18-23)30(37)31(17-26(31)29(36)33-38)22-10-12-24(13-11-22)39-19-21-16-28(20-6-2-1-3-7-20)32-27-9-5-4-8-25(21)27/h1-13,16,23,26,35,38H,14-15,17-19H2,(H,33,36)/t23-,26+,31+/m0/s1. The topological polar surface area (TPSA) is 112 Å². The second-order valence-electron chi connectivity index (χ2n) is 10.3. The first-order valence-electron chi connectivity index (χ1n) is 13.1. The molecule has 0 bridgehead atoms. The summed E-state index contributed by atoms with van der Waals surface area (Å²) in [6.07, 6.45) is 0.259. The van der Waals surface area contributed by atoms with Gasteiger partial charge in [-0.2, -0.15) is 0 Å². The monoisotopic (exact) mass is 523 g/mol. The molecule has 2 heterocycles. The van der Waals surface area contributed by atoms with Crippen molar-refractivity contribution in [1.29, 1.82) is 0 Å². The van der Waals surface area contributed by atoms with Crippen LogP contribution in [0.3, 0.4) is 0 Å². The van der Waals surface area contributed by atoms with Crippen LogP contribution in [0.1, 0.15) is 24.0 Å². The van der Waals surface area contributed by atoms with Crippen molar-refractivity contribution in [2.24, 2.45) is 5.92 Å². The zero-order valence-electron chi connectivity index (χ0n) is 21.3. The van der Waals surface area contributed by atoms with Crippen molar-refractivity contribution in [1.82, 2.24) is 15.4 Å². The average molecular weight is 524 g/mol. The van der Waals surface area contributed by atoms with Gasteiger partial charge >= 0.3 is 0 Å². The molecule has 198 valence electrons. The minimum atomic E-state index is -1.05. The fourth-order valence-electron chi connectivity index (χ4n) is 5.68. The van der Waals surface area contributed by atoms with Crippen LogP contribution in [0.25, 0.3) is 22.2 Å². The molecule has 1 saturated heterocycles. The van der Waals surface area contributed by atoms with Gasteiger partial charge in [0, 0.05) is 29.6 Å². The first kappa shape index (κ1) is 25.0. The number of carbonyl (C=O) groups excluding carboxylic acids is 2. The molecule has 2 amide bonds. The molecule has 8 heteroatoms. The van der Waals surface area contributed by atoms with Gasteiger partial charge in [-0.3, -0.25) is 14.8 Å². The Bertz CT molecular complexity index is 1520. The molecule has 0 radical (unpaired) electrons. The summed E-state index contributed by atoms with van der Waals surface area (Å²) < 4.78 is 6.17. The van der Waals surface area contributed by atoms with Gasteiger partial charge in [0.25, 0.3) is 0 Å². The van der Waals surface area contributed by atoms with Crippen LogP contribution in [0, 0.1) is 5.92 Å². The lowest BCUT2D eigenvalue weighted by atomic mass is 9.91. The number of likely N-dealkylation sites (tertiary alicyclic amines) is 1. The van der Waals surface area contributed by atoms with E-state index >= 15 is 0 Å². The van der Waals surface area contributed by atoms with Crippen LogP contribution in [0.4, 0.5) is 0 Å². The number of aliphatic hydroxyl groups is 1. The lowest BCUT2D eigenvalue weighted by Gasteiger charge is -2.24. The second-order valence-corrected chi connectivity index (χ2v) is 10.3. The van der Waals surface area contributed by atoms with Gasteiger partial charge in [-0.25, -0.2) is 10.5 Å². The van der Waals surface area contributed by atoms with Gasteiger partial charge in [-0.05, 0) is 42.7 Å². The molecule has 0 unspecified atom stereocenters. The quantitative estimate of drug-likeness (QED) is 0.251. The molecule has 4 aromatic rings. The smallest absolute Gasteiger partial charge is 0.247 e. The molecular weight excluding hydrogens is 494 g/mol. The third-order valence-electron chi connectivity index (χ3n) is 7.85. The van der Waals surface area contributed by atoms with Crippen molar-refractivity contribution in [3.8, 4) is 17.0 Å². The van der Waals surface area contributed by atoms with Crippen molar-refractivity contribution < 1.29 is 24.6 Å². The third kappa shape index (κ3) is 4.62. The van der Waals surface area contributed by atoms with E-state index < -0.39 is 23.3 Å². The van der Waals surface area contributed by atoms with Crippen molar-refractivity contribution in [2.75, 3.05) is 13.1 Å². The number of carbonyl (C=O) groups is 2. The number of benzene rings is 3. The van der Waals surface area contributed by atoms with E-state index in [9.17, 15) is 19.9 Å². The molecule has 8 nitrogen and oxygen atoms in total. The van der Waals surface area contributed by atoms with Gasteiger partial charge in [0.1, 0.15) is 12.4 Å². The fraction of sp³-hybridized carbons (Fsp3) is 0.258. The number of ether oxygens (including phenoxy) is 1. The molecular formula is C31H29N3O5. The minimum Gasteiger partial charge on any atom is -0.489 e. The summed E-state index contributed by atoms with van der Waals surface area (Å²) >= 11 is 0. The third-order valence-corrected chi connectivity index (χ3v) is 7.85. The highest BCUT2D eigenvalue weighted by Gasteiger charge is 2.65. The van der Waals surface area contributed by atoms with Gasteiger partial charge in [0.05, 0.1) is 28.6 Å². The number of aromatic nitrogens is 1. The number of nitrogens with zero attached hydrogens (tertiary/aromatic N) is 2. The predicted octanol–water partition coefficient (Wildman–Crippen LogP) is 3.84. The first-order chi connectivity index (χ1) is 19.0. The van der Waals surface area contributed by atoms with Crippen LogP contribution in [0.5, 0.6) is 5.75 Å². The number of nitrogens with one attached hydrogen (secondary N) is 1. The summed E-state index contributed by atoms with van der Waals surface area (Å²) in [5, 5.41) is 20.2. The highest BCUT2D eigenvalue weighted by molar-refractivity contribution is 6.00. The summed E-state index contributed by atoms with van der Waals surface area (Å²) in [4.78, 5) is 32.2. The van der Waals surface area contributed by atoms with E-state index in [2.05, 4.69) is 0 Å². The Morgan fingerprint density at radius 2 is 1.77 bits per heavy atom. The van der Waals surface area contributed by atoms with Crippen molar-refractivity contribution in [3.05, 3.63) is 96.1 Å². The Morgan fingerprint density at radius 3 is 2.49 bits per heavy atom. The van der Waals surface area contributed by atoms with Gasteiger partial charge in [0.15, 0.2) is 0 Å². The van der Waals surface area contributed by atoms with Gasteiger partial charge < -0.3 is 14.7 Å². The van der Waals surface area contributed by atoms with Crippen molar-refractivity contribution in [3.63, 3.8) is 0 Å². The molecule has 2 fully saturated rings. The maximum Gasteiger partial charge on any atom is 0.247 e. The molecule has 3 aromatic carbocycles. The Kier molecular flexibility index (Phi) is 6.50. The lowest BCUT2D eigenvalue weighted by molar-refractivity contribution is -0.137. The predicted molar refractivity (Wildman–Crippen MR) is 145 cm³/mol. The fourth-order valence-corrected chi connectivity index (χ4v) is 5.68. The number of hydrogen-bond donors (Lipinski definition) is 3. The van der Waals surface area contributed by atoms with Crippen LogP contribution in [-0.2, 0) is 21.6 Å². The number of rotatable bonds is 7. The number of para-hydroxylation sites is 1. The van der Waals surface area contributed by atoms with Gasteiger partial charge in [-0.1, -0.05) is 60.7 Å². The highest BCUT2D eigenvalue weighted by atomic mass is 16.5. The van der Waals surface area contributed by atoms with E-state index in [1.165, 1.54) is 0 Å². The minimum absolute atomic E-state index is 0.196. The van der Waals surface area contributed by atoms with Crippen molar-refractivity contribution >= 4 is 22.7 Å². The maximum absolute atomic E-state index is 13.5. The zero-order chi connectivity index (χ0) is 27.0. The zero-order valence-corrected chi connectivity index (χ0v) is 21.3. The molecule has 6 rings (SSSR count). The van der Waals surface area contributed by atoms with Crippen LogP contribution < -0.4 is 10.2 Å². The molecule has 39 heavy (non-hydrogen) atoms. The first-order valence-corrected chi connectivity index (χ1v) is 13.1. The van der Waals surface area contributed by atoms with Gasteiger partial charge in [0.2, 0.25) is 11.8 Å². The van der Waals surface area contributed by atoms with E-state index in [0.717, 1.165) is 27.7 Å². The Hall–Kier alpha value is -4.27. The largest absolute Gasteiger partial charge is 0.489 e. The molecule has 1 aliphatic carbocycles. The summed E-state index contributed by atoms with van der Waals surface area (Å²) in [6.45, 7) is 1.02. The summed E-state index contributed by atoms with van der Waals surface area (Å²) in [7, 11) is 0. The van der Waals surface area contributed by atoms with Crippen LogP contribution in [-0.4, -0.2) is 51.2 Å². The summed E-state index contributed by atoms with van der Waals surface area (Å²) in [5.74, 6) is -0.816. The lowest BCUT2D eigenvalue weighted by Crippen LogP contribution is -2.41. The van der Waals surface area contributed by atoms with Crippen LogP contribution in [0.2, 0.25) is 0 Å². The highest BCUT2D eigenvalue weighted by Crippen LogP contribution is 2.56. The van der Waals surface area contributed by atoms with E-state index in [4.69, 9.17) is 9.72 Å². The van der Waals surface area contributed by atoms with Crippen molar-refractivity contribution in [2.45, 2.75) is 31.0 Å². The Labute approximate surface area is 225 Å². The Morgan fingerprint density at radius 1 is 1.03 bits per heavy atom. The Balaban J connectivity index is 1.24. The number of hydroxylamine groups is 1. The number of aliphatic hydroxyl groups excluding tert-OH is 1. The molecule has 3 N–H and O–H groups in total.